The van der Waals surface area contributed by atoms with Crippen LogP contribution in [0, 0.1) is 0 Å². The molecule has 0 aliphatic carbocycles. The molecule has 3 aromatic rings. The van der Waals surface area contributed by atoms with E-state index in [9.17, 15) is 0 Å². The fraction of sp³-hybridized carbons (Fsp3) is 0.318. The number of thiazole rings is 1. The van der Waals surface area contributed by atoms with E-state index in [0.717, 1.165) is 28.5 Å². The molecule has 0 fully saturated rings. The SMILES string of the molecule is CCN(c1nc(C(C)C=Nc2ccc(-c3ccccc3)cn2)cs1)C(C)C. The standard InChI is InChI=1S/C22H26N4S/c1-5-26(16(2)3)22-25-20(15-27-22)17(4)13-23-21-12-11-19(14-24-21)18-9-7-6-8-10-18/h6-17H,5H2,1-4H3. The van der Waals surface area contributed by atoms with E-state index >= 15 is 0 Å². The Bertz CT molecular complexity index is 869. The first-order chi connectivity index (χ1) is 13.1. The second-order valence-corrected chi connectivity index (χ2v) is 7.61. The predicted octanol–water partition coefficient (Wildman–Crippen LogP) is 5.95. The minimum atomic E-state index is 0.150. The second kappa shape index (κ2) is 8.91. The lowest BCUT2D eigenvalue weighted by molar-refractivity contribution is 0.699. The first kappa shape index (κ1) is 19.2. The third-order valence-corrected chi connectivity index (χ3v) is 5.37. The summed E-state index contributed by atoms with van der Waals surface area (Å²) >= 11 is 1.70. The van der Waals surface area contributed by atoms with Crippen LogP contribution < -0.4 is 4.90 Å². The van der Waals surface area contributed by atoms with Crippen molar-refractivity contribution in [3.05, 3.63) is 59.7 Å². The lowest BCUT2D eigenvalue weighted by atomic mass is 10.1. The maximum absolute atomic E-state index is 4.80. The highest BCUT2D eigenvalue weighted by molar-refractivity contribution is 7.13. The van der Waals surface area contributed by atoms with Gasteiger partial charge in [-0.2, -0.15) is 0 Å². The number of pyridine rings is 1. The molecule has 0 aliphatic heterocycles. The molecule has 3 rings (SSSR count). The average molecular weight is 379 g/mol. The Kier molecular flexibility index (Phi) is 6.35. The molecule has 5 heteroatoms. The number of anilines is 1. The summed E-state index contributed by atoms with van der Waals surface area (Å²) in [7, 11) is 0. The number of rotatable bonds is 7. The monoisotopic (exact) mass is 378 g/mol. The van der Waals surface area contributed by atoms with E-state index in [1.807, 2.05) is 36.7 Å². The van der Waals surface area contributed by atoms with Crippen molar-refractivity contribution in [3.63, 3.8) is 0 Å². The summed E-state index contributed by atoms with van der Waals surface area (Å²) in [5, 5.41) is 3.20. The Balaban J connectivity index is 1.68. The maximum Gasteiger partial charge on any atom is 0.185 e. The van der Waals surface area contributed by atoms with Crippen LogP contribution in [0.3, 0.4) is 0 Å². The van der Waals surface area contributed by atoms with Gasteiger partial charge in [0, 0.05) is 41.9 Å². The molecule has 4 nitrogen and oxygen atoms in total. The van der Waals surface area contributed by atoms with E-state index in [4.69, 9.17) is 4.98 Å². The van der Waals surface area contributed by atoms with Crippen LogP contribution >= 0.6 is 11.3 Å². The summed E-state index contributed by atoms with van der Waals surface area (Å²) in [5.41, 5.74) is 3.31. The molecule has 0 amide bonds. The van der Waals surface area contributed by atoms with Gasteiger partial charge in [-0.1, -0.05) is 37.3 Å². The van der Waals surface area contributed by atoms with Crippen LogP contribution in [0.5, 0.6) is 0 Å². The van der Waals surface area contributed by atoms with Gasteiger partial charge >= 0.3 is 0 Å². The number of nitrogens with zero attached hydrogens (tertiary/aromatic N) is 4. The van der Waals surface area contributed by atoms with Crippen LogP contribution in [0.1, 0.15) is 39.3 Å². The van der Waals surface area contributed by atoms with Gasteiger partial charge in [0.25, 0.3) is 0 Å². The topological polar surface area (TPSA) is 41.4 Å². The molecule has 2 heterocycles. The Morgan fingerprint density at radius 1 is 1.07 bits per heavy atom. The molecule has 27 heavy (non-hydrogen) atoms. The highest BCUT2D eigenvalue weighted by atomic mass is 32.1. The van der Waals surface area contributed by atoms with Crippen molar-refractivity contribution in [2.75, 3.05) is 11.4 Å². The highest BCUT2D eigenvalue weighted by Gasteiger charge is 2.14. The van der Waals surface area contributed by atoms with E-state index in [1.54, 1.807) is 11.3 Å². The van der Waals surface area contributed by atoms with Gasteiger partial charge in [-0.05, 0) is 38.5 Å². The number of aliphatic imine (C=N–C) groups is 1. The van der Waals surface area contributed by atoms with Crippen LogP contribution in [0.15, 0.2) is 59.0 Å². The Hall–Kier alpha value is -2.53. The van der Waals surface area contributed by atoms with Gasteiger partial charge in [-0.15, -0.1) is 11.3 Å². The lowest BCUT2D eigenvalue weighted by Crippen LogP contribution is -2.30. The minimum absolute atomic E-state index is 0.150. The van der Waals surface area contributed by atoms with Crippen molar-refractivity contribution in [1.82, 2.24) is 9.97 Å². The summed E-state index contributed by atoms with van der Waals surface area (Å²) in [6, 6.07) is 14.7. The zero-order chi connectivity index (χ0) is 19.2. The number of benzene rings is 1. The molecule has 140 valence electrons. The molecule has 1 unspecified atom stereocenters. The Morgan fingerprint density at radius 3 is 2.48 bits per heavy atom. The largest absolute Gasteiger partial charge is 0.346 e. The molecule has 0 saturated heterocycles. The van der Waals surface area contributed by atoms with Crippen LogP contribution in [0.2, 0.25) is 0 Å². The fourth-order valence-corrected chi connectivity index (χ4v) is 3.99. The third kappa shape index (κ3) is 4.80. The van der Waals surface area contributed by atoms with Gasteiger partial charge in [0.2, 0.25) is 0 Å². The van der Waals surface area contributed by atoms with Crippen LogP contribution in [-0.2, 0) is 0 Å². The van der Waals surface area contributed by atoms with Crippen molar-refractivity contribution in [2.24, 2.45) is 4.99 Å². The van der Waals surface area contributed by atoms with Crippen molar-refractivity contribution >= 4 is 28.5 Å². The number of hydrogen-bond donors (Lipinski definition) is 0. The van der Waals surface area contributed by atoms with Crippen molar-refractivity contribution in [3.8, 4) is 11.1 Å². The minimum Gasteiger partial charge on any atom is -0.346 e. The summed E-state index contributed by atoms with van der Waals surface area (Å²) in [6.07, 6.45) is 3.80. The summed E-state index contributed by atoms with van der Waals surface area (Å²) in [4.78, 5) is 16.1. The van der Waals surface area contributed by atoms with Gasteiger partial charge in [0.05, 0.1) is 5.69 Å². The van der Waals surface area contributed by atoms with E-state index < -0.39 is 0 Å². The predicted molar refractivity (Wildman–Crippen MR) is 117 cm³/mol. The molecular weight excluding hydrogens is 352 g/mol. The van der Waals surface area contributed by atoms with Gasteiger partial charge < -0.3 is 4.90 Å². The lowest BCUT2D eigenvalue weighted by Gasteiger charge is -2.24. The molecule has 1 aromatic carbocycles. The first-order valence-corrected chi connectivity index (χ1v) is 10.2. The van der Waals surface area contributed by atoms with Crippen LogP contribution in [-0.4, -0.2) is 28.8 Å². The van der Waals surface area contributed by atoms with Gasteiger partial charge in [0.1, 0.15) is 0 Å². The molecule has 2 aromatic heterocycles. The Morgan fingerprint density at radius 2 is 1.85 bits per heavy atom. The molecule has 0 N–H and O–H groups in total. The molecule has 0 spiro atoms. The average Bonchev–Trinajstić information content (AvgIpc) is 3.17. The van der Waals surface area contributed by atoms with Crippen molar-refractivity contribution < 1.29 is 0 Å². The molecule has 0 bridgehead atoms. The number of aromatic nitrogens is 2. The quantitative estimate of drug-likeness (QED) is 0.477. The number of hydrogen-bond acceptors (Lipinski definition) is 5. The Labute approximate surface area is 165 Å². The fourth-order valence-electron chi connectivity index (χ4n) is 2.87. The molecule has 1 atom stereocenters. The van der Waals surface area contributed by atoms with E-state index in [0.29, 0.717) is 11.9 Å². The van der Waals surface area contributed by atoms with Gasteiger partial charge in [-0.3, -0.25) is 0 Å². The van der Waals surface area contributed by atoms with Gasteiger partial charge in [-0.25, -0.2) is 15.0 Å². The van der Waals surface area contributed by atoms with Crippen molar-refractivity contribution in [1.29, 1.82) is 0 Å². The zero-order valence-electron chi connectivity index (χ0n) is 16.3. The normalized spacial score (nSPS) is 12.6. The molecule has 0 aliphatic rings. The highest BCUT2D eigenvalue weighted by Crippen LogP contribution is 2.26. The second-order valence-electron chi connectivity index (χ2n) is 6.77. The smallest absolute Gasteiger partial charge is 0.185 e. The maximum atomic E-state index is 4.80. The van der Waals surface area contributed by atoms with E-state index in [1.165, 1.54) is 0 Å². The zero-order valence-corrected chi connectivity index (χ0v) is 17.1. The van der Waals surface area contributed by atoms with E-state index in [-0.39, 0.29) is 5.92 Å². The summed E-state index contributed by atoms with van der Waals surface area (Å²) in [6.45, 7) is 9.63. The van der Waals surface area contributed by atoms with Crippen molar-refractivity contribution in [2.45, 2.75) is 39.7 Å². The van der Waals surface area contributed by atoms with Gasteiger partial charge in [0.15, 0.2) is 10.9 Å². The third-order valence-electron chi connectivity index (χ3n) is 4.47. The van der Waals surface area contributed by atoms with E-state index in [2.05, 4.69) is 66.2 Å². The van der Waals surface area contributed by atoms with Crippen LogP contribution in [0.4, 0.5) is 10.9 Å². The molecule has 0 saturated carbocycles. The first-order valence-electron chi connectivity index (χ1n) is 9.36. The molecular formula is C22H26N4S. The van der Waals surface area contributed by atoms with Crippen LogP contribution in [0.25, 0.3) is 11.1 Å². The molecule has 0 radical (unpaired) electrons. The summed E-state index contributed by atoms with van der Waals surface area (Å²) < 4.78 is 0. The summed E-state index contributed by atoms with van der Waals surface area (Å²) in [5.74, 6) is 0.866.